The van der Waals surface area contributed by atoms with Gasteiger partial charge in [0.15, 0.2) is 0 Å². The highest BCUT2D eigenvalue weighted by Crippen LogP contribution is 2.10. The minimum absolute atomic E-state index is 0.592. The Morgan fingerprint density at radius 3 is 1.17 bits per heavy atom. The van der Waals surface area contributed by atoms with Gasteiger partial charge in [-0.25, -0.2) is 0 Å². The summed E-state index contributed by atoms with van der Waals surface area (Å²) in [6.07, 6.45) is 13.6. The van der Waals surface area contributed by atoms with Gasteiger partial charge in [0.05, 0.1) is 59.5 Å². The number of likely N-dealkylation sites (N-methyl/N-ethyl adjacent to an activating group) is 1. The predicted molar refractivity (Wildman–Crippen MR) is 120 cm³/mol. The third-order valence-corrected chi connectivity index (χ3v) is 4.63. The molecule has 0 bridgehead atoms. The first kappa shape index (κ1) is 28.8. The smallest absolute Gasteiger partial charge is 0.0701 e. The van der Waals surface area contributed by atoms with E-state index in [9.17, 15) is 0 Å². The van der Waals surface area contributed by atoms with E-state index in [2.05, 4.69) is 12.2 Å². The number of rotatable bonds is 26. The molecule has 0 atom stereocenters. The molecule has 0 saturated carbocycles. The zero-order chi connectivity index (χ0) is 21.1. The van der Waals surface area contributed by atoms with E-state index >= 15 is 0 Å². The van der Waals surface area contributed by atoms with E-state index in [-0.39, 0.29) is 0 Å². The van der Waals surface area contributed by atoms with Gasteiger partial charge in [-0.15, -0.1) is 0 Å². The van der Waals surface area contributed by atoms with E-state index in [1.165, 1.54) is 64.2 Å². The quantitative estimate of drug-likeness (QED) is 0.212. The largest absolute Gasteiger partial charge is 0.379 e. The van der Waals surface area contributed by atoms with Crippen molar-refractivity contribution in [2.45, 2.75) is 71.1 Å². The van der Waals surface area contributed by atoms with Crippen LogP contribution in [0.25, 0.3) is 0 Å². The molecule has 29 heavy (non-hydrogen) atoms. The van der Waals surface area contributed by atoms with Gasteiger partial charge in [-0.2, -0.15) is 0 Å². The maximum atomic E-state index is 5.61. The van der Waals surface area contributed by atoms with Crippen molar-refractivity contribution in [3.63, 3.8) is 0 Å². The van der Waals surface area contributed by atoms with Crippen LogP contribution in [-0.4, -0.2) is 79.7 Å². The highest BCUT2D eigenvalue weighted by Gasteiger charge is 1.95. The molecule has 0 aromatic heterocycles. The van der Waals surface area contributed by atoms with Crippen LogP contribution in [0.15, 0.2) is 0 Å². The monoisotopic (exact) mass is 419 g/mol. The summed E-state index contributed by atoms with van der Waals surface area (Å²) in [5.74, 6) is 0. The molecule has 0 aromatic carbocycles. The van der Waals surface area contributed by atoms with Crippen LogP contribution in [0.1, 0.15) is 71.1 Å². The van der Waals surface area contributed by atoms with Crippen molar-refractivity contribution in [3.05, 3.63) is 0 Å². The molecule has 0 heterocycles. The van der Waals surface area contributed by atoms with Gasteiger partial charge in [0.25, 0.3) is 0 Å². The first-order chi connectivity index (χ1) is 14.4. The van der Waals surface area contributed by atoms with Gasteiger partial charge < -0.3 is 29.0 Å². The standard InChI is InChI=1S/C23H49NO5/c1-3-4-5-6-7-8-9-10-11-12-14-25-16-18-27-20-22-29-23-21-28-19-17-26-15-13-24-2/h24H,3-23H2,1-2H3. The van der Waals surface area contributed by atoms with E-state index in [0.717, 1.165) is 19.8 Å². The lowest BCUT2D eigenvalue weighted by Crippen LogP contribution is -2.17. The van der Waals surface area contributed by atoms with Crippen LogP contribution in [0, 0.1) is 0 Å². The van der Waals surface area contributed by atoms with Crippen LogP contribution >= 0.6 is 0 Å². The second-order valence-corrected chi connectivity index (χ2v) is 7.35. The fourth-order valence-corrected chi connectivity index (χ4v) is 2.85. The van der Waals surface area contributed by atoms with Gasteiger partial charge in [-0.05, 0) is 13.5 Å². The summed E-state index contributed by atoms with van der Waals surface area (Å²) in [4.78, 5) is 0. The van der Waals surface area contributed by atoms with Crippen LogP contribution in [0.5, 0.6) is 0 Å². The van der Waals surface area contributed by atoms with Gasteiger partial charge >= 0.3 is 0 Å². The van der Waals surface area contributed by atoms with Crippen molar-refractivity contribution in [1.29, 1.82) is 0 Å². The fraction of sp³-hybridized carbons (Fsp3) is 1.00. The predicted octanol–water partition coefficient (Wildman–Crippen LogP) is 4.21. The first-order valence-corrected chi connectivity index (χ1v) is 11.9. The van der Waals surface area contributed by atoms with Crippen molar-refractivity contribution >= 4 is 0 Å². The molecule has 0 aromatic rings. The van der Waals surface area contributed by atoms with E-state index in [0.29, 0.717) is 52.9 Å². The van der Waals surface area contributed by atoms with E-state index in [4.69, 9.17) is 23.7 Å². The first-order valence-electron chi connectivity index (χ1n) is 11.9. The minimum atomic E-state index is 0.592. The molecule has 0 saturated heterocycles. The Morgan fingerprint density at radius 1 is 0.414 bits per heavy atom. The highest BCUT2D eigenvalue weighted by molar-refractivity contribution is 4.47. The van der Waals surface area contributed by atoms with Crippen LogP contribution in [0.2, 0.25) is 0 Å². The van der Waals surface area contributed by atoms with Crippen LogP contribution < -0.4 is 5.32 Å². The number of unbranched alkanes of at least 4 members (excludes halogenated alkanes) is 9. The molecule has 6 heteroatoms. The molecule has 0 unspecified atom stereocenters. The molecule has 6 nitrogen and oxygen atoms in total. The molecule has 0 aliphatic heterocycles. The van der Waals surface area contributed by atoms with Crippen molar-refractivity contribution < 1.29 is 23.7 Å². The van der Waals surface area contributed by atoms with Crippen LogP contribution in [0.4, 0.5) is 0 Å². The molecule has 0 aliphatic rings. The SMILES string of the molecule is CCCCCCCCCCCCOCCOCCOCCOCCOCCNC. The molecule has 0 fully saturated rings. The average molecular weight is 420 g/mol. The molecular weight excluding hydrogens is 370 g/mol. The summed E-state index contributed by atoms with van der Waals surface area (Å²) in [5, 5.41) is 3.03. The number of hydrogen-bond acceptors (Lipinski definition) is 6. The van der Waals surface area contributed by atoms with Crippen molar-refractivity contribution in [2.24, 2.45) is 0 Å². The summed E-state index contributed by atoms with van der Waals surface area (Å²) in [6, 6.07) is 0. The Balaban J connectivity index is 2.97. The van der Waals surface area contributed by atoms with Crippen molar-refractivity contribution in [3.8, 4) is 0 Å². The summed E-state index contributed by atoms with van der Waals surface area (Å²) in [6.45, 7) is 9.66. The van der Waals surface area contributed by atoms with Gasteiger partial charge in [-0.1, -0.05) is 64.7 Å². The second-order valence-electron chi connectivity index (χ2n) is 7.35. The molecule has 176 valence electrons. The Kier molecular flexibility index (Phi) is 27.5. The third kappa shape index (κ3) is 27.8. The van der Waals surface area contributed by atoms with Crippen molar-refractivity contribution in [1.82, 2.24) is 5.32 Å². The van der Waals surface area contributed by atoms with Gasteiger partial charge in [0, 0.05) is 13.2 Å². The topological polar surface area (TPSA) is 58.2 Å². The Morgan fingerprint density at radius 2 is 0.759 bits per heavy atom. The molecule has 0 rings (SSSR count). The van der Waals surface area contributed by atoms with Gasteiger partial charge in [-0.3, -0.25) is 0 Å². The lowest BCUT2D eigenvalue weighted by molar-refractivity contribution is -0.0109. The molecular formula is C23H49NO5. The van der Waals surface area contributed by atoms with Gasteiger partial charge in [0.1, 0.15) is 0 Å². The van der Waals surface area contributed by atoms with E-state index in [1.54, 1.807) is 0 Å². The Hall–Kier alpha value is -0.240. The van der Waals surface area contributed by atoms with Crippen LogP contribution in [-0.2, 0) is 23.7 Å². The summed E-state index contributed by atoms with van der Waals surface area (Å²) in [7, 11) is 1.91. The molecule has 0 spiro atoms. The summed E-state index contributed by atoms with van der Waals surface area (Å²) in [5.41, 5.74) is 0. The molecule has 0 aliphatic carbocycles. The van der Waals surface area contributed by atoms with Crippen molar-refractivity contribution in [2.75, 3.05) is 79.7 Å². The summed E-state index contributed by atoms with van der Waals surface area (Å²) < 4.78 is 27.3. The lowest BCUT2D eigenvalue weighted by atomic mass is 10.1. The average Bonchev–Trinajstić information content (AvgIpc) is 2.74. The lowest BCUT2D eigenvalue weighted by Gasteiger charge is -2.08. The minimum Gasteiger partial charge on any atom is -0.379 e. The second kappa shape index (κ2) is 27.8. The normalized spacial score (nSPS) is 11.4. The Bertz CT molecular complexity index is 256. The highest BCUT2D eigenvalue weighted by atomic mass is 16.6. The van der Waals surface area contributed by atoms with Crippen LogP contribution in [0.3, 0.4) is 0 Å². The Labute approximate surface area is 180 Å². The van der Waals surface area contributed by atoms with Gasteiger partial charge in [0.2, 0.25) is 0 Å². The maximum Gasteiger partial charge on any atom is 0.0701 e. The number of ether oxygens (including phenoxy) is 5. The summed E-state index contributed by atoms with van der Waals surface area (Å²) >= 11 is 0. The maximum absolute atomic E-state index is 5.61. The van der Waals surface area contributed by atoms with E-state index in [1.807, 2.05) is 7.05 Å². The third-order valence-electron chi connectivity index (χ3n) is 4.63. The fourth-order valence-electron chi connectivity index (χ4n) is 2.85. The van der Waals surface area contributed by atoms with E-state index < -0.39 is 0 Å². The zero-order valence-corrected chi connectivity index (χ0v) is 19.4. The number of nitrogens with one attached hydrogen (secondary N) is 1. The molecule has 0 radical (unpaired) electrons. The zero-order valence-electron chi connectivity index (χ0n) is 19.4. The molecule has 1 N–H and O–H groups in total. The number of hydrogen-bond donors (Lipinski definition) is 1. The molecule has 0 amide bonds.